The highest BCUT2D eigenvalue weighted by molar-refractivity contribution is 7.99. The molecule has 0 aliphatic carbocycles. The van der Waals surface area contributed by atoms with E-state index in [0.717, 1.165) is 17.0 Å². The molecule has 7 nitrogen and oxygen atoms in total. The number of thioether (sulfide) groups is 1. The lowest BCUT2D eigenvalue weighted by Crippen LogP contribution is -2.05. The molecule has 2 heterocycles. The first kappa shape index (κ1) is 20.1. The van der Waals surface area contributed by atoms with Crippen molar-refractivity contribution in [2.45, 2.75) is 5.16 Å². The Hall–Kier alpha value is -3.78. The minimum Gasteiger partial charge on any atom is -0.497 e. The van der Waals surface area contributed by atoms with Crippen LogP contribution in [0.4, 0.5) is 0 Å². The molecule has 160 valence electrons. The Morgan fingerprint density at radius 1 is 1.00 bits per heavy atom. The first-order chi connectivity index (χ1) is 15.7. The fourth-order valence-electron chi connectivity index (χ4n) is 3.41. The number of Topliss-reactive ketones (excluding diaryl/α,β-unsaturated/α-hetero) is 1. The molecule has 0 N–H and O–H groups in total. The van der Waals surface area contributed by atoms with Gasteiger partial charge in [0.2, 0.25) is 6.79 Å². The SMILES string of the molecule is COc1cccc(-c2nnc(SCC(=O)c3ccc4c(c3)OCO4)n2-c2ccccc2)c1. The van der Waals surface area contributed by atoms with E-state index >= 15 is 0 Å². The van der Waals surface area contributed by atoms with Gasteiger partial charge in [0, 0.05) is 16.8 Å². The van der Waals surface area contributed by atoms with Gasteiger partial charge in [0.1, 0.15) is 5.75 Å². The quantitative estimate of drug-likeness (QED) is 0.303. The van der Waals surface area contributed by atoms with Crippen LogP contribution in [0.5, 0.6) is 17.2 Å². The molecule has 1 aliphatic rings. The Morgan fingerprint density at radius 2 is 1.84 bits per heavy atom. The van der Waals surface area contributed by atoms with Gasteiger partial charge in [0.15, 0.2) is 28.3 Å². The Kier molecular flexibility index (Phi) is 5.51. The second kappa shape index (κ2) is 8.76. The molecule has 0 fully saturated rings. The Bertz CT molecular complexity index is 1270. The minimum absolute atomic E-state index is 0.0288. The molecular formula is C24H19N3O4S. The molecule has 0 saturated carbocycles. The number of hydrogen-bond acceptors (Lipinski definition) is 7. The van der Waals surface area contributed by atoms with Gasteiger partial charge in [-0.05, 0) is 42.5 Å². The van der Waals surface area contributed by atoms with E-state index in [9.17, 15) is 4.79 Å². The van der Waals surface area contributed by atoms with Crippen molar-refractivity contribution in [3.8, 4) is 34.3 Å². The van der Waals surface area contributed by atoms with E-state index in [1.807, 2.05) is 59.2 Å². The number of benzene rings is 3. The topological polar surface area (TPSA) is 75.5 Å². The molecule has 0 radical (unpaired) electrons. The highest BCUT2D eigenvalue weighted by Crippen LogP contribution is 2.34. The summed E-state index contributed by atoms with van der Waals surface area (Å²) in [6.07, 6.45) is 0. The molecule has 1 aliphatic heterocycles. The van der Waals surface area contributed by atoms with E-state index in [4.69, 9.17) is 14.2 Å². The van der Waals surface area contributed by atoms with E-state index in [1.165, 1.54) is 11.8 Å². The van der Waals surface area contributed by atoms with Gasteiger partial charge in [-0.15, -0.1) is 10.2 Å². The third kappa shape index (κ3) is 3.92. The standard InChI is InChI=1S/C24H19N3O4S/c1-29-19-9-5-6-17(12-19)23-25-26-24(27(23)18-7-3-2-4-8-18)32-14-20(28)16-10-11-21-22(13-16)31-15-30-21/h2-13H,14-15H2,1H3. The lowest BCUT2D eigenvalue weighted by molar-refractivity contribution is 0.102. The van der Waals surface area contributed by atoms with Crippen LogP contribution in [-0.2, 0) is 0 Å². The average Bonchev–Trinajstić information content (AvgIpc) is 3.49. The van der Waals surface area contributed by atoms with Crippen molar-refractivity contribution in [3.05, 3.63) is 78.4 Å². The maximum absolute atomic E-state index is 12.8. The lowest BCUT2D eigenvalue weighted by atomic mass is 10.1. The number of rotatable bonds is 7. The highest BCUT2D eigenvalue weighted by Gasteiger charge is 2.20. The highest BCUT2D eigenvalue weighted by atomic mass is 32.2. The molecule has 5 rings (SSSR count). The number of carbonyl (C=O) groups excluding carboxylic acids is 1. The van der Waals surface area contributed by atoms with Crippen LogP contribution in [0, 0.1) is 0 Å². The lowest BCUT2D eigenvalue weighted by Gasteiger charge is -2.11. The fourth-order valence-corrected chi connectivity index (χ4v) is 4.25. The molecule has 1 aromatic heterocycles. The van der Waals surface area contributed by atoms with Gasteiger partial charge < -0.3 is 14.2 Å². The van der Waals surface area contributed by atoms with E-state index in [2.05, 4.69) is 10.2 Å². The average molecular weight is 446 g/mol. The minimum atomic E-state index is -0.0288. The number of para-hydroxylation sites is 1. The Labute approximate surface area is 189 Å². The van der Waals surface area contributed by atoms with Crippen LogP contribution >= 0.6 is 11.8 Å². The molecule has 0 saturated heterocycles. The summed E-state index contributed by atoms with van der Waals surface area (Å²) in [5.74, 6) is 2.83. The largest absolute Gasteiger partial charge is 0.497 e. The van der Waals surface area contributed by atoms with E-state index < -0.39 is 0 Å². The van der Waals surface area contributed by atoms with Crippen LogP contribution in [0.15, 0.2) is 78.0 Å². The summed E-state index contributed by atoms with van der Waals surface area (Å²) in [4.78, 5) is 12.8. The van der Waals surface area contributed by atoms with Gasteiger partial charge in [-0.3, -0.25) is 9.36 Å². The van der Waals surface area contributed by atoms with Crippen LogP contribution in [0.2, 0.25) is 0 Å². The zero-order chi connectivity index (χ0) is 21.9. The maximum Gasteiger partial charge on any atom is 0.231 e. The van der Waals surface area contributed by atoms with Gasteiger partial charge >= 0.3 is 0 Å². The van der Waals surface area contributed by atoms with Gasteiger partial charge in [0.05, 0.1) is 12.9 Å². The first-order valence-corrected chi connectivity index (χ1v) is 10.9. The molecule has 0 atom stereocenters. The zero-order valence-corrected chi connectivity index (χ0v) is 18.0. The van der Waals surface area contributed by atoms with Crippen molar-refractivity contribution in [1.82, 2.24) is 14.8 Å². The van der Waals surface area contributed by atoms with Gasteiger partial charge in [0.25, 0.3) is 0 Å². The molecule has 3 aromatic carbocycles. The molecule has 0 amide bonds. The van der Waals surface area contributed by atoms with E-state index in [-0.39, 0.29) is 18.3 Å². The predicted octanol–water partition coefficient (Wildman–Crippen LogP) is 4.65. The van der Waals surface area contributed by atoms with Crippen molar-refractivity contribution in [1.29, 1.82) is 0 Å². The summed E-state index contributed by atoms with van der Waals surface area (Å²) in [5.41, 5.74) is 2.35. The smallest absolute Gasteiger partial charge is 0.231 e. The predicted molar refractivity (Wildman–Crippen MR) is 121 cm³/mol. The van der Waals surface area contributed by atoms with Crippen molar-refractivity contribution in [3.63, 3.8) is 0 Å². The zero-order valence-electron chi connectivity index (χ0n) is 17.2. The summed E-state index contributed by atoms with van der Waals surface area (Å²) in [6, 6.07) is 22.7. The number of nitrogens with zero attached hydrogens (tertiary/aromatic N) is 3. The number of methoxy groups -OCH3 is 1. The molecule has 4 aromatic rings. The van der Waals surface area contributed by atoms with Crippen molar-refractivity contribution >= 4 is 17.5 Å². The van der Waals surface area contributed by atoms with Crippen LogP contribution in [0.3, 0.4) is 0 Å². The van der Waals surface area contributed by atoms with Gasteiger partial charge in [-0.1, -0.05) is 42.1 Å². The van der Waals surface area contributed by atoms with Crippen LogP contribution < -0.4 is 14.2 Å². The Morgan fingerprint density at radius 3 is 2.69 bits per heavy atom. The second-order valence-electron chi connectivity index (χ2n) is 6.99. The van der Waals surface area contributed by atoms with Crippen molar-refractivity contribution < 1.29 is 19.0 Å². The number of aromatic nitrogens is 3. The number of hydrogen-bond donors (Lipinski definition) is 0. The third-order valence-corrected chi connectivity index (χ3v) is 5.93. The van der Waals surface area contributed by atoms with E-state index in [0.29, 0.717) is 28.0 Å². The first-order valence-electron chi connectivity index (χ1n) is 9.94. The normalized spacial score (nSPS) is 12.0. The molecule has 8 heteroatoms. The fraction of sp³-hybridized carbons (Fsp3) is 0.125. The number of carbonyl (C=O) groups is 1. The monoisotopic (exact) mass is 445 g/mol. The van der Waals surface area contributed by atoms with Gasteiger partial charge in [-0.2, -0.15) is 0 Å². The summed E-state index contributed by atoms with van der Waals surface area (Å²) in [7, 11) is 1.63. The van der Waals surface area contributed by atoms with Crippen LogP contribution in [-0.4, -0.2) is 40.2 Å². The summed E-state index contributed by atoms with van der Waals surface area (Å²) in [6.45, 7) is 0.176. The maximum atomic E-state index is 12.8. The van der Waals surface area contributed by atoms with Crippen molar-refractivity contribution in [2.75, 3.05) is 19.7 Å². The summed E-state index contributed by atoms with van der Waals surface area (Å²) >= 11 is 1.34. The Balaban J connectivity index is 1.45. The number of fused-ring (bicyclic) bond motifs is 1. The molecule has 0 unspecified atom stereocenters. The summed E-state index contributed by atoms with van der Waals surface area (Å²) < 4.78 is 18.0. The number of ketones is 1. The molecular weight excluding hydrogens is 426 g/mol. The third-order valence-electron chi connectivity index (χ3n) is 5.00. The second-order valence-corrected chi connectivity index (χ2v) is 7.93. The van der Waals surface area contributed by atoms with Crippen LogP contribution in [0.1, 0.15) is 10.4 Å². The van der Waals surface area contributed by atoms with Crippen LogP contribution in [0.25, 0.3) is 17.1 Å². The van der Waals surface area contributed by atoms with Gasteiger partial charge in [-0.25, -0.2) is 0 Å². The van der Waals surface area contributed by atoms with Crippen molar-refractivity contribution in [2.24, 2.45) is 0 Å². The molecule has 0 spiro atoms. The molecule has 0 bridgehead atoms. The molecule has 32 heavy (non-hydrogen) atoms. The summed E-state index contributed by atoms with van der Waals surface area (Å²) in [5, 5.41) is 9.44. The number of ether oxygens (including phenoxy) is 3. The van der Waals surface area contributed by atoms with E-state index in [1.54, 1.807) is 25.3 Å².